The largest absolute Gasteiger partial charge is 0.352 e. The maximum atomic E-state index is 12.0. The van der Waals surface area contributed by atoms with Gasteiger partial charge in [0.05, 0.1) is 6.54 Å². The van der Waals surface area contributed by atoms with Crippen molar-refractivity contribution in [3.63, 3.8) is 0 Å². The molecule has 5 heteroatoms. The lowest BCUT2D eigenvalue weighted by atomic mass is 9.87. The predicted molar refractivity (Wildman–Crippen MR) is 80.7 cm³/mol. The van der Waals surface area contributed by atoms with E-state index in [0.717, 1.165) is 38.4 Å². The Hall–Kier alpha value is -0.320. The molecule has 1 aliphatic heterocycles. The molecular weight excluding hydrogens is 262 g/mol. The molecule has 1 saturated carbocycles. The van der Waals surface area contributed by atoms with Gasteiger partial charge >= 0.3 is 0 Å². The monoisotopic (exact) mass is 289 g/mol. The molecule has 4 nitrogen and oxygen atoms in total. The van der Waals surface area contributed by atoms with Gasteiger partial charge in [0.15, 0.2) is 0 Å². The van der Waals surface area contributed by atoms with Gasteiger partial charge in [-0.2, -0.15) is 0 Å². The molecule has 2 fully saturated rings. The number of amides is 1. The maximum Gasteiger partial charge on any atom is 0.234 e. The van der Waals surface area contributed by atoms with Crippen molar-refractivity contribution < 1.29 is 4.79 Å². The number of hydrogen-bond acceptors (Lipinski definition) is 3. The van der Waals surface area contributed by atoms with Gasteiger partial charge < -0.3 is 10.6 Å². The summed E-state index contributed by atoms with van der Waals surface area (Å²) >= 11 is 0. The molecule has 1 unspecified atom stereocenters. The molecule has 0 spiro atoms. The van der Waals surface area contributed by atoms with E-state index < -0.39 is 0 Å². The molecule has 112 valence electrons. The third kappa shape index (κ3) is 5.67. The van der Waals surface area contributed by atoms with E-state index in [1.54, 1.807) is 0 Å². The molecule has 1 amide bonds. The maximum absolute atomic E-state index is 12.0. The summed E-state index contributed by atoms with van der Waals surface area (Å²) in [5.74, 6) is 1.05. The van der Waals surface area contributed by atoms with E-state index in [1.165, 1.54) is 12.8 Å². The summed E-state index contributed by atoms with van der Waals surface area (Å²) in [6, 6.07) is 0.927. The van der Waals surface area contributed by atoms with E-state index in [4.69, 9.17) is 0 Å². The van der Waals surface area contributed by atoms with Crippen LogP contribution < -0.4 is 10.6 Å². The van der Waals surface area contributed by atoms with Gasteiger partial charge in [0.25, 0.3) is 0 Å². The van der Waals surface area contributed by atoms with Crippen molar-refractivity contribution in [3.8, 4) is 0 Å². The number of piperazine rings is 1. The van der Waals surface area contributed by atoms with Crippen LogP contribution in [0, 0.1) is 5.92 Å². The highest BCUT2D eigenvalue weighted by Gasteiger charge is 2.22. The van der Waals surface area contributed by atoms with Crippen molar-refractivity contribution in [1.29, 1.82) is 0 Å². The summed E-state index contributed by atoms with van der Waals surface area (Å²) < 4.78 is 0. The highest BCUT2D eigenvalue weighted by Crippen LogP contribution is 2.23. The minimum Gasteiger partial charge on any atom is -0.352 e. The van der Waals surface area contributed by atoms with Crippen LogP contribution in [0.25, 0.3) is 0 Å². The SMILES string of the molecule is CC1CCC(NC(=O)CN2CCNC(C)C2)CC1.Cl. The highest BCUT2D eigenvalue weighted by molar-refractivity contribution is 5.85. The number of rotatable bonds is 3. The van der Waals surface area contributed by atoms with Gasteiger partial charge in [-0.1, -0.05) is 6.92 Å². The first-order valence-corrected chi connectivity index (χ1v) is 7.38. The Balaban J connectivity index is 0.00000180. The van der Waals surface area contributed by atoms with Crippen LogP contribution >= 0.6 is 12.4 Å². The number of carbonyl (C=O) groups excluding carboxylic acids is 1. The first-order valence-electron chi connectivity index (χ1n) is 7.38. The van der Waals surface area contributed by atoms with Crippen molar-refractivity contribution in [2.24, 2.45) is 5.92 Å². The first kappa shape index (κ1) is 16.7. The highest BCUT2D eigenvalue weighted by atomic mass is 35.5. The van der Waals surface area contributed by atoms with Crippen LogP contribution in [0.1, 0.15) is 39.5 Å². The second-order valence-electron chi connectivity index (χ2n) is 6.11. The van der Waals surface area contributed by atoms with Crippen molar-refractivity contribution in [1.82, 2.24) is 15.5 Å². The summed E-state index contributed by atoms with van der Waals surface area (Å²) in [6.07, 6.45) is 4.83. The summed E-state index contributed by atoms with van der Waals surface area (Å²) in [4.78, 5) is 14.2. The van der Waals surface area contributed by atoms with Gasteiger partial charge in [0.2, 0.25) is 5.91 Å². The Bertz CT molecular complexity index is 280. The minimum absolute atomic E-state index is 0. The van der Waals surface area contributed by atoms with Gasteiger partial charge in [0.1, 0.15) is 0 Å². The van der Waals surface area contributed by atoms with Gasteiger partial charge in [-0.25, -0.2) is 0 Å². The molecule has 0 bridgehead atoms. The minimum atomic E-state index is 0. The molecule has 1 aliphatic carbocycles. The van der Waals surface area contributed by atoms with Crippen LogP contribution in [0.5, 0.6) is 0 Å². The Morgan fingerprint density at radius 2 is 1.95 bits per heavy atom. The summed E-state index contributed by atoms with van der Waals surface area (Å²) in [5, 5.41) is 6.60. The van der Waals surface area contributed by atoms with Crippen molar-refractivity contribution in [2.75, 3.05) is 26.2 Å². The fourth-order valence-corrected chi connectivity index (χ4v) is 3.04. The van der Waals surface area contributed by atoms with E-state index in [0.29, 0.717) is 18.6 Å². The zero-order chi connectivity index (χ0) is 13.0. The quantitative estimate of drug-likeness (QED) is 0.825. The van der Waals surface area contributed by atoms with Gasteiger partial charge in [0, 0.05) is 31.7 Å². The second kappa shape index (κ2) is 8.08. The molecule has 1 atom stereocenters. The average Bonchev–Trinajstić information content (AvgIpc) is 2.32. The molecule has 2 N–H and O–H groups in total. The zero-order valence-corrected chi connectivity index (χ0v) is 13.0. The van der Waals surface area contributed by atoms with Crippen LogP contribution in [0.2, 0.25) is 0 Å². The molecule has 2 rings (SSSR count). The zero-order valence-electron chi connectivity index (χ0n) is 12.2. The third-order valence-corrected chi connectivity index (χ3v) is 4.20. The average molecular weight is 290 g/mol. The number of nitrogens with zero attached hydrogens (tertiary/aromatic N) is 1. The van der Waals surface area contributed by atoms with Crippen molar-refractivity contribution in [3.05, 3.63) is 0 Å². The fraction of sp³-hybridized carbons (Fsp3) is 0.929. The third-order valence-electron chi connectivity index (χ3n) is 4.20. The lowest BCUT2D eigenvalue weighted by Crippen LogP contribution is -2.52. The van der Waals surface area contributed by atoms with Crippen LogP contribution in [-0.4, -0.2) is 49.1 Å². The predicted octanol–water partition coefficient (Wildman–Crippen LogP) is 1.40. The smallest absolute Gasteiger partial charge is 0.234 e. The fourth-order valence-electron chi connectivity index (χ4n) is 3.04. The topological polar surface area (TPSA) is 44.4 Å². The lowest BCUT2D eigenvalue weighted by molar-refractivity contribution is -0.123. The lowest BCUT2D eigenvalue weighted by Gasteiger charge is -2.32. The van der Waals surface area contributed by atoms with Gasteiger partial charge in [-0.15, -0.1) is 12.4 Å². The van der Waals surface area contributed by atoms with E-state index in [2.05, 4.69) is 29.4 Å². The Labute approximate surface area is 123 Å². The van der Waals surface area contributed by atoms with E-state index in [9.17, 15) is 4.79 Å². The Morgan fingerprint density at radius 3 is 2.58 bits per heavy atom. The Morgan fingerprint density at radius 1 is 1.26 bits per heavy atom. The van der Waals surface area contributed by atoms with Gasteiger partial charge in [-0.05, 0) is 38.5 Å². The number of halogens is 1. The van der Waals surface area contributed by atoms with E-state index >= 15 is 0 Å². The molecule has 19 heavy (non-hydrogen) atoms. The Kier molecular flexibility index (Phi) is 7.11. The van der Waals surface area contributed by atoms with E-state index in [1.807, 2.05) is 0 Å². The molecule has 1 saturated heterocycles. The first-order chi connectivity index (χ1) is 8.63. The van der Waals surface area contributed by atoms with Crippen LogP contribution in [-0.2, 0) is 4.79 Å². The second-order valence-corrected chi connectivity index (χ2v) is 6.11. The molecule has 0 aromatic heterocycles. The number of carbonyl (C=O) groups is 1. The number of nitrogens with one attached hydrogen (secondary N) is 2. The molecule has 1 heterocycles. The molecule has 0 aromatic carbocycles. The van der Waals surface area contributed by atoms with Crippen LogP contribution in [0.4, 0.5) is 0 Å². The molecular formula is C14H28ClN3O. The number of hydrogen-bond donors (Lipinski definition) is 2. The normalized spacial score (nSPS) is 32.4. The van der Waals surface area contributed by atoms with Crippen LogP contribution in [0.15, 0.2) is 0 Å². The van der Waals surface area contributed by atoms with E-state index in [-0.39, 0.29) is 18.3 Å². The molecule has 2 aliphatic rings. The summed E-state index contributed by atoms with van der Waals surface area (Å²) in [6.45, 7) is 8.01. The van der Waals surface area contributed by atoms with Crippen molar-refractivity contribution >= 4 is 18.3 Å². The van der Waals surface area contributed by atoms with Crippen molar-refractivity contribution in [2.45, 2.75) is 51.6 Å². The van der Waals surface area contributed by atoms with Gasteiger partial charge in [-0.3, -0.25) is 9.69 Å². The molecule has 0 radical (unpaired) electrons. The summed E-state index contributed by atoms with van der Waals surface area (Å²) in [7, 11) is 0. The summed E-state index contributed by atoms with van der Waals surface area (Å²) in [5.41, 5.74) is 0. The van der Waals surface area contributed by atoms with Crippen LogP contribution in [0.3, 0.4) is 0 Å². The molecule has 0 aromatic rings. The standard InChI is InChI=1S/C14H27N3O.ClH/c1-11-3-5-13(6-4-11)16-14(18)10-17-8-7-15-12(2)9-17;/h11-13,15H,3-10H2,1-2H3,(H,16,18);1H.